The number of urea groups is 1. The fourth-order valence-electron chi connectivity index (χ4n) is 3.35. The molecule has 10 heteroatoms. The van der Waals surface area contributed by atoms with Gasteiger partial charge in [-0.25, -0.2) is 9.78 Å². The summed E-state index contributed by atoms with van der Waals surface area (Å²) in [7, 11) is 1.37. The van der Waals surface area contributed by atoms with Crippen molar-refractivity contribution in [3.63, 3.8) is 0 Å². The fourth-order valence-corrected chi connectivity index (χ4v) is 3.35. The molecule has 1 atom stereocenters. The van der Waals surface area contributed by atoms with Gasteiger partial charge in [-0.05, 0) is 23.9 Å². The van der Waals surface area contributed by atoms with Gasteiger partial charge in [-0.15, -0.1) is 0 Å². The molecule has 0 aliphatic carbocycles. The van der Waals surface area contributed by atoms with Gasteiger partial charge in [0.15, 0.2) is 0 Å². The molecule has 0 bridgehead atoms. The van der Waals surface area contributed by atoms with E-state index in [1.54, 1.807) is 0 Å². The van der Waals surface area contributed by atoms with Crippen LogP contribution in [0.3, 0.4) is 0 Å². The topological polar surface area (TPSA) is 84.1 Å². The second-order valence-electron chi connectivity index (χ2n) is 7.07. The average Bonchev–Trinajstić information content (AvgIpc) is 3.30. The summed E-state index contributed by atoms with van der Waals surface area (Å²) in [6.45, 7) is 0.693. The molecule has 0 aliphatic rings. The quantitative estimate of drug-likeness (QED) is 0.487. The van der Waals surface area contributed by atoms with Crippen molar-refractivity contribution in [1.29, 1.82) is 0 Å². The summed E-state index contributed by atoms with van der Waals surface area (Å²) in [6.07, 6.45) is -0.541. The van der Waals surface area contributed by atoms with Gasteiger partial charge in [-0.3, -0.25) is 0 Å². The largest absolute Gasteiger partial charge is 0.424 e. The van der Waals surface area contributed by atoms with Crippen LogP contribution in [0.2, 0.25) is 0 Å². The maximum Gasteiger partial charge on any atom is 0.424 e. The Bertz CT molecular complexity index is 998. The Morgan fingerprint density at radius 3 is 2.57 bits per heavy atom. The lowest BCUT2D eigenvalue weighted by atomic mass is 9.97. The number of hydrogen-bond acceptors (Lipinski definition) is 3. The monoisotopic (exact) mass is 423 g/mol. The summed E-state index contributed by atoms with van der Waals surface area (Å²) in [4.78, 5) is 15.5. The highest BCUT2D eigenvalue weighted by atomic mass is 19.4. The third kappa shape index (κ3) is 4.59. The highest BCUT2D eigenvalue weighted by Crippen LogP contribution is 2.40. The Labute approximate surface area is 171 Å². The van der Waals surface area contributed by atoms with Crippen molar-refractivity contribution < 1.29 is 23.1 Å². The summed E-state index contributed by atoms with van der Waals surface area (Å²) in [5, 5.41) is 16.3. The number of amides is 2. The number of para-hydroxylation sites is 1. The molecule has 0 radical (unpaired) electrons. The number of aliphatic hydroxyl groups is 1. The molecule has 0 saturated heterocycles. The van der Waals surface area contributed by atoms with E-state index >= 15 is 0 Å². The van der Waals surface area contributed by atoms with E-state index in [-0.39, 0.29) is 6.54 Å². The number of fused-ring (bicyclic) bond motifs is 1. The molecule has 0 spiro atoms. The third-order valence-electron chi connectivity index (χ3n) is 4.97. The predicted molar refractivity (Wildman–Crippen MR) is 106 cm³/mol. The molecule has 1 aromatic carbocycles. The van der Waals surface area contributed by atoms with E-state index < -0.39 is 30.1 Å². The number of nitrogens with zero attached hydrogens (tertiary/aromatic N) is 3. The molecule has 2 amide bonds. The van der Waals surface area contributed by atoms with Gasteiger partial charge in [-0.1, -0.05) is 18.2 Å². The SMILES string of the molecule is Cn1ccnc1C(O)(CCNC(=O)NCCCn1ccc2ccccc21)C(F)(F)F. The number of aryl methyl sites for hydroxylation is 2. The minimum absolute atomic E-state index is 0.362. The van der Waals surface area contributed by atoms with Gasteiger partial charge in [0.25, 0.3) is 0 Å². The number of nitrogens with one attached hydrogen (secondary N) is 2. The van der Waals surface area contributed by atoms with E-state index in [9.17, 15) is 23.1 Å². The molecular weight excluding hydrogens is 399 g/mol. The first-order valence-electron chi connectivity index (χ1n) is 9.55. The van der Waals surface area contributed by atoms with Crippen molar-refractivity contribution in [2.45, 2.75) is 31.2 Å². The first kappa shape index (κ1) is 21.7. The summed E-state index contributed by atoms with van der Waals surface area (Å²) < 4.78 is 43.5. The molecule has 0 fully saturated rings. The number of carbonyl (C=O) groups is 1. The van der Waals surface area contributed by atoms with E-state index in [1.807, 2.05) is 36.5 Å². The molecule has 2 heterocycles. The van der Waals surface area contributed by atoms with Gasteiger partial charge >= 0.3 is 12.2 Å². The van der Waals surface area contributed by atoms with E-state index in [1.165, 1.54) is 19.4 Å². The van der Waals surface area contributed by atoms with Crippen LogP contribution in [-0.4, -0.2) is 44.5 Å². The van der Waals surface area contributed by atoms with Gasteiger partial charge < -0.3 is 24.9 Å². The number of halogens is 3. The van der Waals surface area contributed by atoms with Gasteiger partial charge in [-0.2, -0.15) is 13.2 Å². The zero-order chi connectivity index (χ0) is 21.8. The summed E-state index contributed by atoms with van der Waals surface area (Å²) in [5.41, 5.74) is -2.05. The number of carbonyl (C=O) groups excluding carboxylic acids is 1. The maximum atomic E-state index is 13.4. The number of hydrogen-bond donors (Lipinski definition) is 3. The van der Waals surface area contributed by atoms with E-state index in [0.717, 1.165) is 15.5 Å². The Balaban J connectivity index is 1.44. The lowest BCUT2D eigenvalue weighted by Gasteiger charge is -2.29. The van der Waals surface area contributed by atoms with Crippen molar-refractivity contribution in [3.05, 3.63) is 54.7 Å². The first-order valence-corrected chi connectivity index (χ1v) is 9.55. The zero-order valence-electron chi connectivity index (χ0n) is 16.5. The Morgan fingerprint density at radius 1 is 1.13 bits per heavy atom. The van der Waals surface area contributed by atoms with E-state index in [2.05, 4.69) is 20.2 Å². The smallest absolute Gasteiger partial charge is 0.374 e. The molecule has 0 aliphatic heterocycles. The number of aromatic nitrogens is 3. The second kappa shape index (κ2) is 8.78. The molecule has 1 unspecified atom stereocenters. The van der Waals surface area contributed by atoms with Crippen molar-refractivity contribution in [3.8, 4) is 0 Å². The van der Waals surface area contributed by atoms with Gasteiger partial charge in [0.1, 0.15) is 5.82 Å². The summed E-state index contributed by atoms with van der Waals surface area (Å²) >= 11 is 0. The number of imidazole rings is 1. The number of benzene rings is 1. The van der Waals surface area contributed by atoms with Crippen LogP contribution in [0.5, 0.6) is 0 Å². The fraction of sp³-hybridized carbons (Fsp3) is 0.400. The van der Waals surface area contributed by atoms with Crippen molar-refractivity contribution in [1.82, 2.24) is 24.8 Å². The molecule has 3 aromatic rings. The molecule has 3 rings (SSSR count). The lowest BCUT2D eigenvalue weighted by Crippen LogP contribution is -2.47. The Kier molecular flexibility index (Phi) is 6.35. The van der Waals surface area contributed by atoms with Crippen molar-refractivity contribution in [2.24, 2.45) is 7.05 Å². The molecule has 30 heavy (non-hydrogen) atoms. The van der Waals surface area contributed by atoms with Gasteiger partial charge in [0, 0.05) is 57.2 Å². The second-order valence-corrected chi connectivity index (χ2v) is 7.07. The minimum atomic E-state index is -4.93. The van der Waals surface area contributed by atoms with Crippen LogP contribution < -0.4 is 10.6 Å². The normalized spacial score (nSPS) is 13.9. The first-order chi connectivity index (χ1) is 14.2. The third-order valence-corrected chi connectivity index (χ3v) is 4.97. The van der Waals surface area contributed by atoms with Gasteiger partial charge in [0.05, 0.1) is 0 Å². The number of rotatable bonds is 8. The number of alkyl halides is 3. The summed E-state index contributed by atoms with van der Waals surface area (Å²) in [5.74, 6) is -0.517. The average molecular weight is 423 g/mol. The van der Waals surface area contributed by atoms with Crippen LogP contribution >= 0.6 is 0 Å². The minimum Gasteiger partial charge on any atom is -0.374 e. The highest BCUT2D eigenvalue weighted by molar-refractivity contribution is 5.79. The van der Waals surface area contributed by atoms with Crippen molar-refractivity contribution in [2.75, 3.05) is 13.1 Å². The zero-order valence-corrected chi connectivity index (χ0v) is 16.5. The van der Waals surface area contributed by atoms with Gasteiger partial charge in [0.2, 0.25) is 5.60 Å². The highest BCUT2D eigenvalue weighted by Gasteiger charge is 2.57. The Hall–Kier alpha value is -3.01. The molecular formula is C20H24F3N5O2. The standard InChI is InChI=1S/C20H24F3N5O2/c1-27-14-11-24-17(27)19(30,20(21,22)23)8-10-26-18(29)25-9-4-12-28-13-7-15-5-2-3-6-16(15)28/h2-3,5-7,11,13-14,30H,4,8-10,12H2,1H3,(H2,25,26,29). The van der Waals surface area contributed by atoms with Crippen molar-refractivity contribution >= 4 is 16.9 Å². The van der Waals surface area contributed by atoms with E-state index in [4.69, 9.17) is 0 Å². The molecule has 0 saturated carbocycles. The Morgan fingerprint density at radius 2 is 1.87 bits per heavy atom. The molecule has 7 nitrogen and oxygen atoms in total. The molecule has 3 N–H and O–H groups in total. The summed E-state index contributed by atoms with van der Waals surface area (Å²) in [6, 6.07) is 9.38. The van der Waals surface area contributed by atoms with Crippen LogP contribution in [0.1, 0.15) is 18.7 Å². The van der Waals surface area contributed by atoms with Crippen LogP contribution in [0.25, 0.3) is 10.9 Å². The lowest BCUT2D eigenvalue weighted by molar-refractivity contribution is -0.272. The predicted octanol–water partition coefficient (Wildman–Crippen LogP) is 2.90. The van der Waals surface area contributed by atoms with Crippen LogP contribution in [0, 0.1) is 0 Å². The molecule has 162 valence electrons. The van der Waals surface area contributed by atoms with Crippen LogP contribution in [0.15, 0.2) is 48.9 Å². The molecule has 2 aromatic heterocycles. The van der Waals surface area contributed by atoms with E-state index in [0.29, 0.717) is 19.5 Å². The van der Waals surface area contributed by atoms with Crippen LogP contribution in [-0.2, 0) is 19.2 Å². The van der Waals surface area contributed by atoms with Crippen LogP contribution in [0.4, 0.5) is 18.0 Å². The maximum absolute atomic E-state index is 13.4.